The summed E-state index contributed by atoms with van der Waals surface area (Å²) in [5.74, 6) is -0.00936. The van der Waals surface area contributed by atoms with Crippen LogP contribution in [-0.2, 0) is 32.2 Å². The Balaban J connectivity index is 1.95. The molecule has 0 bridgehead atoms. The first-order valence-corrected chi connectivity index (χ1v) is 10.2. The zero-order valence-corrected chi connectivity index (χ0v) is 13.3. The highest BCUT2D eigenvalue weighted by Gasteiger charge is 2.31. The van der Waals surface area contributed by atoms with E-state index in [2.05, 4.69) is 4.72 Å². The van der Waals surface area contributed by atoms with Crippen molar-refractivity contribution in [3.63, 3.8) is 0 Å². The fourth-order valence-electron chi connectivity index (χ4n) is 2.35. The molecule has 1 aromatic carbocycles. The number of sulfone groups is 1. The van der Waals surface area contributed by atoms with Crippen molar-refractivity contribution in [1.82, 2.24) is 4.72 Å². The van der Waals surface area contributed by atoms with Gasteiger partial charge >= 0.3 is 0 Å². The molecule has 6 nitrogen and oxygen atoms in total. The van der Waals surface area contributed by atoms with Gasteiger partial charge in [0.25, 0.3) is 0 Å². The van der Waals surface area contributed by atoms with Gasteiger partial charge in [0.2, 0.25) is 10.0 Å². The molecule has 1 aromatic rings. The number of sulfonamides is 1. The van der Waals surface area contributed by atoms with Gasteiger partial charge in [-0.15, -0.1) is 0 Å². The Kier molecular flexibility index (Phi) is 5.03. The molecule has 0 aromatic heterocycles. The second-order valence-corrected chi connectivity index (χ2v) is 9.47. The average Bonchev–Trinajstić information content (AvgIpc) is 2.76. The van der Waals surface area contributed by atoms with E-state index in [-0.39, 0.29) is 18.1 Å². The second-order valence-electron chi connectivity index (χ2n) is 5.26. The molecule has 1 unspecified atom stereocenters. The van der Waals surface area contributed by atoms with Gasteiger partial charge in [-0.25, -0.2) is 21.6 Å². The molecule has 0 radical (unpaired) electrons. The smallest absolute Gasteiger partial charge is 0.215 e. The van der Waals surface area contributed by atoms with Crippen LogP contribution in [0.5, 0.6) is 0 Å². The Morgan fingerprint density at radius 2 is 1.81 bits per heavy atom. The molecule has 118 valence electrons. The second kappa shape index (κ2) is 6.43. The molecule has 1 atom stereocenters. The van der Waals surface area contributed by atoms with E-state index >= 15 is 0 Å². The summed E-state index contributed by atoms with van der Waals surface area (Å²) < 4.78 is 49.7. The third-order valence-electron chi connectivity index (χ3n) is 3.61. The fraction of sp³-hybridized carbons (Fsp3) is 0.538. The Morgan fingerprint density at radius 3 is 2.33 bits per heavy atom. The minimum absolute atomic E-state index is 0.0362. The predicted molar refractivity (Wildman–Crippen MR) is 81.8 cm³/mol. The summed E-state index contributed by atoms with van der Waals surface area (Å²) in [5, 5.41) is -0.591. The summed E-state index contributed by atoms with van der Waals surface area (Å²) >= 11 is 0. The van der Waals surface area contributed by atoms with Gasteiger partial charge in [0.1, 0.15) is 0 Å². The van der Waals surface area contributed by atoms with E-state index in [9.17, 15) is 16.8 Å². The third kappa shape index (κ3) is 4.50. The highest BCUT2D eigenvalue weighted by Crippen LogP contribution is 2.19. The lowest BCUT2D eigenvalue weighted by atomic mass is 10.1. The van der Waals surface area contributed by atoms with Gasteiger partial charge in [-0.1, -0.05) is 24.3 Å². The summed E-state index contributed by atoms with van der Waals surface area (Å²) in [6, 6.07) is 7.00. The zero-order chi connectivity index (χ0) is 15.5. The van der Waals surface area contributed by atoms with Crippen LogP contribution in [0.25, 0.3) is 0 Å². The minimum Gasteiger partial charge on any atom is -0.326 e. The third-order valence-corrected chi connectivity index (χ3v) is 7.20. The van der Waals surface area contributed by atoms with Crippen LogP contribution < -0.4 is 10.5 Å². The first-order chi connectivity index (χ1) is 9.82. The van der Waals surface area contributed by atoms with E-state index in [1.54, 1.807) is 24.3 Å². The van der Waals surface area contributed by atoms with Gasteiger partial charge in [0, 0.05) is 13.1 Å². The van der Waals surface area contributed by atoms with E-state index in [0.717, 1.165) is 5.56 Å². The van der Waals surface area contributed by atoms with Crippen molar-refractivity contribution in [3.05, 3.63) is 35.4 Å². The van der Waals surface area contributed by atoms with E-state index in [0.29, 0.717) is 24.9 Å². The first-order valence-electron chi connectivity index (χ1n) is 6.79. The molecule has 1 aliphatic rings. The summed E-state index contributed by atoms with van der Waals surface area (Å²) in [6.45, 7) is 0.371. The maximum Gasteiger partial charge on any atom is 0.215 e. The van der Waals surface area contributed by atoms with Crippen molar-refractivity contribution in [2.45, 2.75) is 30.4 Å². The first kappa shape index (κ1) is 16.4. The standard InChI is InChI=1S/C13H20N2O4S2/c14-8-11-3-5-12(6-4-11)10-21(18,19)15-9-13-2-1-7-20(13,16)17/h3-6,13,15H,1-2,7-10,14H2. The van der Waals surface area contributed by atoms with Crippen molar-refractivity contribution < 1.29 is 16.8 Å². The van der Waals surface area contributed by atoms with Gasteiger partial charge in [-0.3, -0.25) is 0 Å². The van der Waals surface area contributed by atoms with Crippen LogP contribution in [0, 0.1) is 0 Å². The highest BCUT2D eigenvalue weighted by atomic mass is 32.2. The zero-order valence-electron chi connectivity index (χ0n) is 11.7. The van der Waals surface area contributed by atoms with Gasteiger partial charge in [0.15, 0.2) is 9.84 Å². The molecule has 3 N–H and O–H groups in total. The molecule has 0 aliphatic carbocycles. The lowest BCUT2D eigenvalue weighted by molar-refractivity contribution is 0.570. The normalized spacial score (nSPS) is 21.5. The number of nitrogens with two attached hydrogens (primary N) is 1. The van der Waals surface area contributed by atoms with Gasteiger partial charge in [-0.2, -0.15) is 0 Å². The highest BCUT2D eigenvalue weighted by molar-refractivity contribution is 7.92. The van der Waals surface area contributed by atoms with Crippen LogP contribution in [0.15, 0.2) is 24.3 Å². The maximum atomic E-state index is 12.0. The van der Waals surface area contributed by atoms with Crippen LogP contribution in [-0.4, -0.2) is 34.4 Å². The summed E-state index contributed by atoms with van der Waals surface area (Å²) in [5.41, 5.74) is 7.06. The molecule has 1 aliphatic heterocycles. The lowest BCUT2D eigenvalue weighted by Gasteiger charge is -2.11. The molecule has 0 amide bonds. The van der Waals surface area contributed by atoms with Crippen LogP contribution in [0.4, 0.5) is 0 Å². The minimum atomic E-state index is -3.54. The van der Waals surface area contributed by atoms with Crippen LogP contribution in [0.1, 0.15) is 24.0 Å². The molecular weight excluding hydrogens is 312 g/mol. The number of hydrogen-bond donors (Lipinski definition) is 2. The molecule has 1 saturated heterocycles. The summed E-state index contributed by atoms with van der Waals surface area (Å²) in [6.07, 6.45) is 1.13. The van der Waals surface area contributed by atoms with E-state index in [1.165, 1.54) is 0 Å². The summed E-state index contributed by atoms with van der Waals surface area (Å²) in [4.78, 5) is 0. The van der Waals surface area contributed by atoms with E-state index < -0.39 is 25.1 Å². The fourth-order valence-corrected chi connectivity index (χ4v) is 5.41. The number of benzene rings is 1. The van der Waals surface area contributed by atoms with Crippen LogP contribution in [0.2, 0.25) is 0 Å². The van der Waals surface area contributed by atoms with Crippen molar-refractivity contribution in [2.75, 3.05) is 12.3 Å². The Labute approximate surface area is 125 Å². The van der Waals surface area contributed by atoms with Crippen LogP contribution in [0.3, 0.4) is 0 Å². The quantitative estimate of drug-likeness (QED) is 0.771. The molecule has 2 rings (SSSR count). The average molecular weight is 332 g/mol. The van der Waals surface area contributed by atoms with Gasteiger partial charge in [-0.05, 0) is 24.0 Å². The Morgan fingerprint density at radius 1 is 1.19 bits per heavy atom. The Hall–Kier alpha value is -0.960. The van der Waals surface area contributed by atoms with E-state index in [1.807, 2.05) is 0 Å². The van der Waals surface area contributed by atoms with Crippen LogP contribution >= 0.6 is 0 Å². The van der Waals surface area contributed by atoms with E-state index in [4.69, 9.17) is 5.73 Å². The largest absolute Gasteiger partial charge is 0.326 e. The lowest BCUT2D eigenvalue weighted by Crippen LogP contribution is -2.35. The monoisotopic (exact) mass is 332 g/mol. The molecule has 1 heterocycles. The summed E-state index contributed by atoms with van der Waals surface area (Å²) in [7, 11) is -6.67. The van der Waals surface area contributed by atoms with Crippen molar-refractivity contribution in [2.24, 2.45) is 5.73 Å². The van der Waals surface area contributed by atoms with Crippen molar-refractivity contribution in [3.8, 4) is 0 Å². The topological polar surface area (TPSA) is 106 Å². The molecule has 1 fully saturated rings. The predicted octanol–water partition coefficient (Wildman–Crippen LogP) is 0.142. The van der Waals surface area contributed by atoms with Gasteiger partial charge < -0.3 is 5.73 Å². The Bertz CT molecular complexity index is 681. The molecule has 0 spiro atoms. The molecular formula is C13H20N2O4S2. The molecule has 0 saturated carbocycles. The number of hydrogen-bond acceptors (Lipinski definition) is 5. The van der Waals surface area contributed by atoms with Crippen molar-refractivity contribution >= 4 is 19.9 Å². The maximum absolute atomic E-state index is 12.0. The SMILES string of the molecule is NCc1ccc(CS(=O)(=O)NCC2CCCS2(=O)=O)cc1. The van der Waals surface area contributed by atoms with Crippen molar-refractivity contribution in [1.29, 1.82) is 0 Å². The number of rotatable bonds is 6. The molecule has 21 heavy (non-hydrogen) atoms. The number of nitrogens with one attached hydrogen (secondary N) is 1. The van der Waals surface area contributed by atoms with Gasteiger partial charge in [0.05, 0.1) is 16.8 Å². The molecule has 8 heteroatoms.